The molecule has 0 radical (unpaired) electrons. The zero-order valence-corrected chi connectivity index (χ0v) is 16.0. The minimum atomic E-state index is -0.230. The number of hydrogen-bond acceptors (Lipinski definition) is 3. The van der Waals surface area contributed by atoms with Crippen LogP contribution in [0.15, 0.2) is 48.5 Å². The van der Waals surface area contributed by atoms with Crippen LogP contribution >= 0.6 is 0 Å². The molecular weight excluding hydrogens is 341 g/mol. The first kappa shape index (κ1) is 19.2. The second-order valence-electron chi connectivity index (χ2n) is 6.89. The summed E-state index contributed by atoms with van der Waals surface area (Å²) in [6.45, 7) is 5.03. The first-order valence-corrected chi connectivity index (χ1v) is 9.78. The molecule has 2 aromatic rings. The number of anilines is 2. The number of halogens is 1. The maximum atomic E-state index is 14.0. The lowest BCUT2D eigenvalue weighted by atomic mass is 10.1. The van der Waals surface area contributed by atoms with Crippen molar-refractivity contribution in [1.29, 1.82) is 0 Å². The number of para-hydroxylation sites is 2. The lowest BCUT2D eigenvalue weighted by Crippen LogP contribution is -2.41. The van der Waals surface area contributed by atoms with E-state index in [-0.39, 0.29) is 11.7 Å². The first-order chi connectivity index (χ1) is 13.2. The predicted molar refractivity (Wildman–Crippen MR) is 109 cm³/mol. The number of benzene rings is 2. The molecule has 0 bridgehead atoms. The van der Waals surface area contributed by atoms with Gasteiger partial charge >= 0.3 is 0 Å². The van der Waals surface area contributed by atoms with E-state index < -0.39 is 0 Å². The third-order valence-electron chi connectivity index (χ3n) is 5.07. The molecule has 1 aliphatic rings. The van der Waals surface area contributed by atoms with Crippen molar-refractivity contribution in [3.63, 3.8) is 0 Å². The highest BCUT2D eigenvalue weighted by molar-refractivity contribution is 5.81. The van der Waals surface area contributed by atoms with Crippen LogP contribution in [-0.4, -0.2) is 38.6 Å². The Kier molecular flexibility index (Phi) is 6.69. The highest BCUT2D eigenvalue weighted by Crippen LogP contribution is 2.25. The summed E-state index contributed by atoms with van der Waals surface area (Å²) in [7, 11) is 0. The van der Waals surface area contributed by atoms with Crippen LogP contribution in [0.25, 0.3) is 0 Å². The van der Waals surface area contributed by atoms with Crippen LogP contribution in [-0.2, 0) is 11.2 Å². The summed E-state index contributed by atoms with van der Waals surface area (Å²) in [6.07, 6.45) is 3.32. The SMILES string of the molecule is CCN(CCNC(=O)CN1CCCCc2ccccc21)c1ccccc1F. The molecule has 5 heteroatoms. The molecule has 0 saturated carbocycles. The Morgan fingerprint density at radius 2 is 1.93 bits per heavy atom. The maximum absolute atomic E-state index is 14.0. The number of fused-ring (bicyclic) bond motifs is 1. The summed E-state index contributed by atoms with van der Waals surface area (Å²) in [6, 6.07) is 15.1. The molecule has 3 rings (SSSR count). The van der Waals surface area contributed by atoms with E-state index in [9.17, 15) is 9.18 Å². The molecule has 0 unspecified atom stereocenters. The van der Waals surface area contributed by atoms with Gasteiger partial charge in [-0.15, -0.1) is 0 Å². The van der Waals surface area contributed by atoms with Crippen LogP contribution < -0.4 is 15.1 Å². The van der Waals surface area contributed by atoms with E-state index in [1.165, 1.54) is 17.3 Å². The second kappa shape index (κ2) is 9.40. The maximum Gasteiger partial charge on any atom is 0.239 e. The largest absolute Gasteiger partial charge is 0.368 e. The number of hydrogen-bond donors (Lipinski definition) is 1. The third-order valence-corrected chi connectivity index (χ3v) is 5.07. The Morgan fingerprint density at radius 1 is 1.15 bits per heavy atom. The van der Waals surface area contributed by atoms with Gasteiger partial charge in [-0.2, -0.15) is 0 Å². The molecule has 27 heavy (non-hydrogen) atoms. The van der Waals surface area contributed by atoms with Gasteiger partial charge in [-0.25, -0.2) is 4.39 Å². The van der Waals surface area contributed by atoms with Crippen LogP contribution in [0.5, 0.6) is 0 Å². The molecule has 1 aliphatic heterocycles. The Labute approximate surface area is 161 Å². The molecule has 0 aromatic heterocycles. The average molecular weight is 369 g/mol. The van der Waals surface area contributed by atoms with Crippen molar-refractivity contribution in [2.45, 2.75) is 26.2 Å². The smallest absolute Gasteiger partial charge is 0.239 e. The number of amides is 1. The molecule has 1 heterocycles. The topological polar surface area (TPSA) is 35.6 Å². The minimum absolute atomic E-state index is 0.0105. The van der Waals surface area contributed by atoms with Gasteiger partial charge < -0.3 is 15.1 Å². The van der Waals surface area contributed by atoms with E-state index in [2.05, 4.69) is 28.4 Å². The fourth-order valence-electron chi connectivity index (χ4n) is 3.65. The summed E-state index contributed by atoms with van der Waals surface area (Å²) >= 11 is 0. The van der Waals surface area contributed by atoms with Crippen molar-refractivity contribution in [1.82, 2.24) is 5.32 Å². The summed E-state index contributed by atoms with van der Waals surface area (Å²) in [5.74, 6) is -0.219. The molecule has 0 spiro atoms. The fourth-order valence-corrected chi connectivity index (χ4v) is 3.65. The average Bonchev–Trinajstić information content (AvgIpc) is 2.88. The van der Waals surface area contributed by atoms with Crippen LogP contribution in [0.4, 0.5) is 15.8 Å². The monoisotopic (exact) mass is 369 g/mol. The number of likely N-dealkylation sites (N-methyl/N-ethyl adjacent to an activating group) is 1. The van der Waals surface area contributed by atoms with Gasteiger partial charge in [-0.05, 0) is 49.9 Å². The lowest BCUT2D eigenvalue weighted by molar-refractivity contribution is -0.119. The van der Waals surface area contributed by atoms with Crippen molar-refractivity contribution >= 4 is 17.3 Å². The van der Waals surface area contributed by atoms with Gasteiger partial charge in [0.25, 0.3) is 0 Å². The zero-order valence-electron chi connectivity index (χ0n) is 16.0. The summed E-state index contributed by atoms with van der Waals surface area (Å²) in [5, 5.41) is 2.99. The van der Waals surface area contributed by atoms with Crippen molar-refractivity contribution < 1.29 is 9.18 Å². The number of aryl methyl sites for hydroxylation is 1. The van der Waals surface area contributed by atoms with Gasteiger partial charge in [0.1, 0.15) is 5.82 Å². The molecule has 144 valence electrons. The van der Waals surface area contributed by atoms with Crippen LogP contribution in [0.3, 0.4) is 0 Å². The van der Waals surface area contributed by atoms with Gasteiger partial charge in [-0.1, -0.05) is 30.3 Å². The fraction of sp³-hybridized carbons (Fsp3) is 0.409. The standard InChI is InChI=1S/C22H28FN3O/c1-2-25(21-13-6-4-11-19(21)23)16-14-24-22(27)17-26-15-8-7-10-18-9-3-5-12-20(18)26/h3-6,9,11-13H,2,7-8,10,14-17H2,1H3,(H,24,27). The highest BCUT2D eigenvalue weighted by atomic mass is 19.1. The number of rotatable bonds is 7. The second-order valence-corrected chi connectivity index (χ2v) is 6.89. The Bertz CT molecular complexity index is 765. The molecule has 0 fully saturated rings. The summed E-state index contributed by atoms with van der Waals surface area (Å²) in [4.78, 5) is 16.6. The summed E-state index contributed by atoms with van der Waals surface area (Å²) < 4.78 is 14.0. The highest BCUT2D eigenvalue weighted by Gasteiger charge is 2.17. The molecule has 0 aliphatic carbocycles. The number of carbonyl (C=O) groups is 1. The van der Waals surface area contributed by atoms with Gasteiger partial charge in [0.15, 0.2) is 0 Å². The molecule has 4 nitrogen and oxygen atoms in total. The van der Waals surface area contributed by atoms with E-state index in [1.54, 1.807) is 12.1 Å². The van der Waals surface area contributed by atoms with E-state index in [0.717, 1.165) is 25.8 Å². The molecule has 0 saturated heterocycles. The van der Waals surface area contributed by atoms with Crippen LogP contribution in [0.2, 0.25) is 0 Å². The predicted octanol–water partition coefficient (Wildman–Crippen LogP) is 3.61. The van der Waals surface area contributed by atoms with Crippen molar-refractivity contribution in [2.24, 2.45) is 0 Å². The molecular formula is C22H28FN3O. The molecule has 1 N–H and O–H groups in total. The lowest BCUT2D eigenvalue weighted by Gasteiger charge is -2.26. The van der Waals surface area contributed by atoms with Crippen molar-refractivity contribution in [3.8, 4) is 0 Å². The Balaban J connectivity index is 1.53. The van der Waals surface area contributed by atoms with E-state index in [1.807, 2.05) is 24.0 Å². The van der Waals surface area contributed by atoms with Gasteiger partial charge in [-0.3, -0.25) is 4.79 Å². The van der Waals surface area contributed by atoms with E-state index >= 15 is 0 Å². The minimum Gasteiger partial charge on any atom is -0.368 e. The van der Waals surface area contributed by atoms with Crippen LogP contribution in [0.1, 0.15) is 25.3 Å². The van der Waals surface area contributed by atoms with Gasteiger partial charge in [0.05, 0.1) is 12.2 Å². The Morgan fingerprint density at radius 3 is 2.74 bits per heavy atom. The number of carbonyl (C=O) groups excluding carboxylic acids is 1. The van der Waals surface area contributed by atoms with Gasteiger partial charge in [0, 0.05) is 31.9 Å². The summed E-state index contributed by atoms with van der Waals surface area (Å²) in [5.41, 5.74) is 3.07. The van der Waals surface area contributed by atoms with Crippen molar-refractivity contribution in [2.75, 3.05) is 42.5 Å². The number of nitrogens with one attached hydrogen (secondary N) is 1. The van der Waals surface area contributed by atoms with Crippen molar-refractivity contribution in [3.05, 3.63) is 59.9 Å². The normalized spacial score (nSPS) is 13.6. The Hall–Kier alpha value is -2.56. The van der Waals surface area contributed by atoms with Gasteiger partial charge in [0.2, 0.25) is 5.91 Å². The number of nitrogens with zero attached hydrogens (tertiary/aromatic N) is 2. The van der Waals surface area contributed by atoms with Crippen LogP contribution in [0, 0.1) is 5.82 Å². The zero-order chi connectivity index (χ0) is 19.1. The molecule has 2 aromatic carbocycles. The van der Waals surface area contributed by atoms with E-state index in [4.69, 9.17) is 0 Å². The van der Waals surface area contributed by atoms with E-state index in [0.29, 0.717) is 31.9 Å². The quantitative estimate of drug-likeness (QED) is 0.810. The molecule has 0 atom stereocenters. The first-order valence-electron chi connectivity index (χ1n) is 9.78. The molecule has 1 amide bonds. The third kappa shape index (κ3) is 5.00.